The Balaban J connectivity index is 1.75. The summed E-state index contributed by atoms with van der Waals surface area (Å²) in [6, 6.07) is 30.3. The van der Waals surface area contributed by atoms with E-state index in [1.54, 1.807) is 23.5 Å². The van der Waals surface area contributed by atoms with E-state index in [-0.39, 0.29) is 5.91 Å². The van der Waals surface area contributed by atoms with E-state index in [1.807, 2.05) is 104 Å². The van der Waals surface area contributed by atoms with E-state index in [0.717, 1.165) is 24.5 Å². The van der Waals surface area contributed by atoms with Gasteiger partial charge in [-0.3, -0.25) is 4.79 Å². The van der Waals surface area contributed by atoms with Gasteiger partial charge < -0.3 is 5.32 Å². The first kappa shape index (κ1) is 27.1. The smallest absolute Gasteiger partial charge is 0.256 e. The Morgan fingerprint density at radius 3 is 1.39 bits per heavy atom. The van der Waals surface area contributed by atoms with Gasteiger partial charge in [-0.2, -0.15) is 0 Å². The summed E-state index contributed by atoms with van der Waals surface area (Å²) < 4.78 is 0.903. The molecule has 36 heavy (non-hydrogen) atoms. The van der Waals surface area contributed by atoms with Gasteiger partial charge in [0.2, 0.25) is 0 Å². The zero-order valence-electron chi connectivity index (χ0n) is 19.0. The minimum Gasteiger partial charge on any atom is -0.315 e. The highest BCUT2D eigenvalue weighted by Gasteiger charge is 2.17. The number of carbonyl (C=O) groups excluding carboxylic acids is 1. The lowest BCUT2D eigenvalue weighted by Crippen LogP contribution is -2.22. The molecule has 0 aliphatic heterocycles. The van der Waals surface area contributed by atoms with E-state index in [0.29, 0.717) is 25.7 Å². The number of hydrogen-bond donors (Lipinski definition) is 1. The molecule has 0 unspecified atom stereocenters. The first-order chi connectivity index (χ1) is 17.4. The summed E-state index contributed by atoms with van der Waals surface area (Å²) in [5.41, 5.74) is 1.68. The molecule has 4 aromatic carbocycles. The number of thioether (sulfide) groups is 3. The van der Waals surface area contributed by atoms with Crippen LogP contribution >= 0.6 is 70.1 Å². The van der Waals surface area contributed by atoms with Gasteiger partial charge in [-0.05, 0) is 91.9 Å². The van der Waals surface area contributed by atoms with Gasteiger partial charge in [0.05, 0.1) is 4.24 Å². The lowest BCUT2D eigenvalue weighted by Gasteiger charge is -2.16. The summed E-state index contributed by atoms with van der Waals surface area (Å²) in [5, 5.41) is 5.85. The SMILES string of the molecule is Cc1ccc(C(=O)NC(Sc2ccc(Cl)cc2)=C(Sc2ccc(Cl)cc2)Sc2ccc(Cl)cc2)cc1. The van der Waals surface area contributed by atoms with Crippen molar-refractivity contribution in [2.45, 2.75) is 21.6 Å². The summed E-state index contributed by atoms with van der Waals surface area (Å²) in [6.07, 6.45) is 0. The largest absolute Gasteiger partial charge is 0.315 e. The van der Waals surface area contributed by atoms with Crippen molar-refractivity contribution in [2.24, 2.45) is 0 Å². The van der Waals surface area contributed by atoms with Crippen LogP contribution in [0.1, 0.15) is 15.9 Å². The van der Waals surface area contributed by atoms with E-state index < -0.39 is 0 Å². The predicted molar refractivity (Wildman–Crippen MR) is 158 cm³/mol. The second-order valence-electron chi connectivity index (χ2n) is 7.60. The molecule has 0 radical (unpaired) electrons. The molecule has 1 amide bonds. The van der Waals surface area contributed by atoms with Crippen LogP contribution in [0.15, 0.2) is 121 Å². The number of halogens is 3. The van der Waals surface area contributed by atoms with Gasteiger partial charge in [-0.15, -0.1) is 0 Å². The molecule has 0 atom stereocenters. The number of rotatable bonds is 8. The number of nitrogens with one attached hydrogen (secondary N) is 1. The normalized spacial score (nSPS) is 10.7. The summed E-state index contributed by atoms with van der Waals surface area (Å²) in [7, 11) is 0. The van der Waals surface area contributed by atoms with Gasteiger partial charge in [0.15, 0.2) is 0 Å². The molecule has 182 valence electrons. The topological polar surface area (TPSA) is 29.1 Å². The number of benzene rings is 4. The molecule has 0 aliphatic rings. The van der Waals surface area contributed by atoms with Crippen LogP contribution in [-0.4, -0.2) is 5.91 Å². The Bertz CT molecular complexity index is 1310. The Hall–Kier alpha value is -1.99. The van der Waals surface area contributed by atoms with Crippen molar-refractivity contribution in [3.8, 4) is 0 Å². The molecule has 0 aliphatic carbocycles. The van der Waals surface area contributed by atoms with E-state index >= 15 is 0 Å². The maximum Gasteiger partial charge on any atom is 0.256 e. The minimum absolute atomic E-state index is 0.183. The zero-order chi connectivity index (χ0) is 25.5. The highest BCUT2D eigenvalue weighted by Crippen LogP contribution is 2.45. The molecule has 0 aromatic heterocycles. The van der Waals surface area contributed by atoms with E-state index in [4.69, 9.17) is 34.8 Å². The molecule has 0 fully saturated rings. The molecule has 0 saturated heterocycles. The second kappa shape index (κ2) is 13.0. The summed E-state index contributed by atoms with van der Waals surface area (Å²) in [6.45, 7) is 1.99. The van der Waals surface area contributed by atoms with Gasteiger partial charge in [0, 0.05) is 35.3 Å². The first-order valence-corrected chi connectivity index (χ1v) is 14.4. The lowest BCUT2D eigenvalue weighted by atomic mass is 10.1. The average molecular weight is 589 g/mol. The van der Waals surface area contributed by atoms with Crippen LogP contribution in [0.3, 0.4) is 0 Å². The van der Waals surface area contributed by atoms with Crippen LogP contribution in [0.5, 0.6) is 0 Å². The molecule has 0 bridgehead atoms. The van der Waals surface area contributed by atoms with Gasteiger partial charge in [-0.25, -0.2) is 0 Å². The predicted octanol–water partition coefficient (Wildman–Crippen LogP) is 10.2. The molecule has 0 heterocycles. The number of aryl methyl sites for hydroxylation is 1. The number of hydrogen-bond acceptors (Lipinski definition) is 4. The van der Waals surface area contributed by atoms with Gasteiger partial charge in [-0.1, -0.05) is 87.8 Å². The van der Waals surface area contributed by atoms with Crippen molar-refractivity contribution < 1.29 is 4.79 Å². The van der Waals surface area contributed by atoms with Gasteiger partial charge in [0.25, 0.3) is 5.91 Å². The Morgan fingerprint density at radius 1 is 0.583 bits per heavy atom. The van der Waals surface area contributed by atoms with Crippen molar-refractivity contribution >= 4 is 76.0 Å². The molecule has 8 heteroatoms. The summed E-state index contributed by atoms with van der Waals surface area (Å²) >= 11 is 22.9. The fourth-order valence-electron chi connectivity index (χ4n) is 2.95. The highest BCUT2D eigenvalue weighted by molar-refractivity contribution is 8.23. The van der Waals surface area contributed by atoms with E-state index in [1.165, 1.54) is 11.8 Å². The molecule has 2 nitrogen and oxygen atoms in total. The van der Waals surface area contributed by atoms with Crippen molar-refractivity contribution in [3.05, 3.63) is 133 Å². The van der Waals surface area contributed by atoms with E-state index in [2.05, 4.69) is 5.32 Å². The monoisotopic (exact) mass is 587 g/mol. The lowest BCUT2D eigenvalue weighted by molar-refractivity contribution is 0.0969. The van der Waals surface area contributed by atoms with Crippen molar-refractivity contribution in [3.63, 3.8) is 0 Å². The maximum atomic E-state index is 13.3. The molecule has 0 spiro atoms. The Morgan fingerprint density at radius 2 is 0.972 bits per heavy atom. The fourth-order valence-corrected chi connectivity index (χ4v) is 6.57. The zero-order valence-corrected chi connectivity index (χ0v) is 23.7. The van der Waals surface area contributed by atoms with Crippen molar-refractivity contribution in [1.82, 2.24) is 5.32 Å². The second-order valence-corrected chi connectivity index (χ2v) is 12.4. The molecule has 4 aromatic rings. The van der Waals surface area contributed by atoms with Crippen LogP contribution in [-0.2, 0) is 0 Å². The average Bonchev–Trinajstić information content (AvgIpc) is 2.87. The van der Waals surface area contributed by atoms with Crippen LogP contribution in [0.2, 0.25) is 15.1 Å². The highest BCUT2D eigenvalue weighted by atomic mass is 35.5. The number of carbonyl (C=O) groups is 1. The van der Waals surface area contributed by atoms with Crippen molar-refractivity contribution in [2.75, 3.05) is 0 Å². The number of amides is 1. The summed E-state index contributed by atoms with van der Waals surface area (Å²) in [5.74, 6) is -0.183. The maximum absolute atomic E-state index is 13.3. The van der Waals surface area contributed by atoms with E-state index in [9.17, 15) is 4.79 Å². The Kier molecular flexibility index (Phi) is 9.77. The first-order valence-electron chi connectivity index (χ1n) is 10.8. The van der Waals surface area contributed by atoms with Crippen LogP contribution in [0.25, 0.3) is 0 Å². The standard InChI is InChI=1S/C28H20Cl3NOS3/c1-18-2-4-19(5-3-18)26(33)32-27(34-23-12-6-20(29)7-13-23)28(35-24-14-8-21(30)9-15-24)36-25-16-10-22(31)11-17-25/h2-17H,1H3,(H,32,33). The third-order valence-electron chi connectivity index (χ3n) is 4.81. The third-order valence-corrected chi connectivity index (χ3v) is 9.14. The minimum atomic E-state index is -0.183. The quantitative estimate of drug-likeness (QED) is 0.207. The summed E-state index contributed by atoms with van der Waals surface area (Å²) in [4.78, 5) is 16.2. The molecule has 0 saturated carbocycles. The van der Waals surface area contributed by atoms with Crippen LogP contribution in [0.4, 0.5) is 0 Å². The molecular formula is C28H20Cl3NOS3. The molecule has 4 rings (SSSR count). The third kappa shape index (κ3) is 8.01. The van der Waals surface area contributed by atoms with Crippen LogP contribution in [0, 0.1) is 6.92 Å². The Labute approximate surface area is 238 Å². The van der Waals surface area contributed by atoms with Crippen LogP contribution < -0.4 is 5.32 Å². The molecular weight excluding hydrogens is 569 g/mol. The van der Waals surface area contributed by atoms with Gasteiger partial charge >= 0.3 is 0 Å². The molecule has 1 N–H and O–H groups in total. The van der Waals surface area contributed by atoms with Gasteiger partial charge in [0.1, 0.15) is 5.03 Å². The fraction of sp³-hybridized carbons (Fsp3) is 0.0357. The van der Waals surface area contributed by atoms with Crippen molar-refractivity contribution in [1.29, 1.82) is 0 Å².